The Bertz CT molecular complexity index is 374. The summed E-state index contributed by atoms with van der Waals surface area (Å²) in [5, 5.41) is 0. The molecule has 1 unspecified atom stereocenters. The van der Waals surface area contributed by atoms with Crippen molar-refractivity contribution in [3.05, 3.63) is 29.8 Å². The number of Topliss-reactive ketones (excluding diaryl/α,β-unsaturated/α-hetero) is 1. The van der Waals surface area contributed by atoms with E-state index in [0.717, 1.165) is 12.1 Å². The van der Waals surface area contributed by atoms with Crippen LogP contribution >= 0.6 is 11.8 Å². The maximum Gasteiger partial charge on any atom is 0.159 e. The van der Waals surface area contributed by atoms with E-state index in [1.807, 2.05) is 23.9 Å². The van der Waals surface area contributed by atoms with Crippen LogP contribution in [0.5, 0.6) is 0 Å². The van der Waals surface area contributed by atoms with E-state index in [9.17, 15) is 4.79 Å². The van der Waals surface area contributed by atoms with Gasteiger partial charge in [-0.15, -0.1) is 0 Å². The minimum atomic E-state index is 0.133. The quantitative estimate of drug-likeness (QED) is 0.735. The molecule has 0 saturated carbocycles. The minimum absolute atomic E-state index is 0.133. The van der Waals surface area contributed by atoms with Gasteiger partial charge in [0.1, 0.15) is 0 Å². The monoisotopic (exact) mass is 235 g/mol. The predicted octanol–water partition coefficient (Wildman–Crippen LogP) is 2.83. The second kappa shape index (κ2) is 4.91. The zero-order valence-corrected chi connectivity index (χ0v) is 10.6. The molecule has 1 heterocycles. The van der Waals surface area contributed by atoms with Crippen LogP contribution in [-0.2, 0) is 0 Å². The lowest BCUT2D eigenvalue weighted by Gasteiger charge is -2.35. The Labute approximate surface area is 101 Å². The number of ketones is 1. The number of hydrogen-bond acceptors (Lipinski definition) is 3. The van der Waals surface area contributed by atoms with Gasteiger partial charge in [0.05, 0.1) is 0 Å². The van der Waals surface area contributed by atoms with E-state index in [2.05, 4.69) is 24.0 Å². The number of carbonyl (C=O) groups excluding carboxylic acids is 1. The third-order valence-electron chi connectivity index (χ3n) is 2.97. The fourth-order valence-corrected chi connectivity index (χ4v) is 3.01. The second-order valence-electron chi connectivity index (χ2n) is 4.22. The summed E-state index contributed by atoms with van der Waals surface area (Å²) >= 11 is 2.01. The molecule has 0 spiro atoms. The van der Waals surface area contributed by atoms with Gasteiger partial charge in [0, 0.05) is 35.3 Å². The number of nitrogens with zero attached hydrogens (tertiary/aromatic N) is 1. The molecule has 1 saturated heterocycles. The van der Waals surface area contributed by atoms with Gasteiger partial charge in [0.2, 0.25) is 0 Å². The topological polar surface area (TPSA) is 20.3 Å². The summed E-state index contributed by atoms with van der Waals surface area (Å²) in [6, 6.07) is 8.55. The van der Waals surface area contributed by atoms with E-state index < -0.39 is 0 Å². The van der Waals surface area contributed by atoms with E-state index in [1.54, 1.807) is 6.92 Å². The predicted molar refractivity (Wildman–Crippen MR) is 70.6 cm³/mol. The average Bonchev–Trinajstić information content (AvgIpc) is 2.30. The van der Waals surface area contributed by atoms with Gasteiger partial charge < -0.3 is 4.90 Å². The van der Waals surface area contributed by atoms with Gasteiger partial charge >= 0.3 is 0 Å². The molecule has 3 heteroatoms. The van der Waals surface area contributed by atoms with Gasteiger partial charge in [0.15, 0.2) is 5.78 Å². The standard InChI is InChI=1S/C13H17NOS/c1-10-9-16-8-7-14(10)13-5-3-12(4-6-13)11(2)15/h3-6,10H,7-9H2,1-2H3. The Morgan fingerprint density at radius 1 is 1.38 bits per heavy atom. The number of benzene rings is 1. The van der Waals surface area contributed by atoms with Crippen LogP contribution in [0.25, 0.3) is 0 Å². The van der Waals surface area contributed by atoms with E-state index in [1.165, 1.54) is 17.2 Å². The molecule has 0 aliphatic carbocycles. The molecule has 0 radical (unpaired) electrons. The third-order valence-corrected chi connectivity index (χ3v) is 4.16. The minimum Gasteiger partial charge on any atom is -0.367 e. The van der Waals surface area contributed by atoms with E-state index in [-0.39, 0.29) is 5.78 Å². The van der Waals surface area contributed by atoms with Crippen LogP contribution in [0.15, 0.2) is 24.3 Å². The Morgan fingerprint density at radius 2 is 2.06 bits per heavy atom. The van der Waals surface area contributed by atoms with Crippen LogP contribution in [-0.4, -0.2) is 29.9 Å². The van der Waals surface area contributed by atoms with Crippen molar-refractivity contribution < 1.29 is 4.79 Å². The molecule has 86 valence electrons. The van der Waals surface area contributed by atoms with Crippen molar-refractivity contribution >= 4 is 23.2 Å². The van der Waals surface area contributed by atoms with Gasteiger partial charge in [-0.2, -0.15) is 11.8 Å². The first-order valence-electron chi connectivity index (χ1n) is 5.64. The average molecular weight is 235 g/mol. The van der Waals surface area contributed by atoms with Gasteiger partial charge in [-0.25, -0.2) is 0 Å². The molecule has 2 rings (SSSR count). The normalized spacial score (nSPS) is 20.9. The molecule has 2 nitrogen and oxygen atoms in total. The Hall–Kier alpha value is -0.960. The van der Waals surface area contributed by atoms with E-state index in [4.69, 9.17) is 0 Å². The molecule has 1 aromatic carbocycles. The van der Waals surface area contributed by atoms with E-state index in [0.29, 0.717) is 6.04 Å². The molecule has 1 aromatic rings. The van der Waals surface area contributed by atoms with Crippen molar-refractivity contribution in [3.8, 4) is 0 Å². The molecule has 1 aliphatic heterocycles. The summed E-state index contributed by atoms with van der Waals surface area (Å²) in [7, 11) is 0. The van der Waals surface area contributed by atoms with E-state index >= 15 is 0 Å². The molecule has 0 amide bonds. The second-order valence-corrected chi connectivity index (χ2v) is 5.37. The van der Waals surface area contributed by atoms with Crippen molar-refractivity contribution in [3.63, 3.8) is 0 Å². The molecule has 1 aliphatic rings. The fraction of sp³-hybridized carbons (Fsp3) is 0.462. The van der Waals surface area contributed by atoms with Crippen LogP contribution in [0, 0.1) is 0 Å². The van der Waals surface area contributed by atoms with Gasteiger partial charge in [0.25, 0.3) is 0 Å². The molecule has 1 atom stereocenters. The van der Waals surface area contributed by atoms with Crippen molar-refractivity contribution in [2.24, 2.45) is 0 Å². The molecular weight excluding hydrogens is 218 g/mol. The third kappa shape index (κ3) is 2.40. The molecule has 0 bridgehead atoms. The summed E-state index contributed by atoms with van der Waals surface area (Å²) < 4.78 is 0. The Morgan fingerprint density at radius 3 is 2.62 bits per heavy atom. The highest BCUT2D eigenvalue weighted by atomic mass is 32.2. The summed E-state index contributed by atoms with van der Waals surface area (Å²) in [6.07, 6.45) is 0. The van der Waals surface area contributed by atoms with Crippen molar-refractivity contribution in [1.82, 2.24) is 0 Å². The van der Waals surface area contributed by atoms with Crippen LogP contribution in [0.3, 0.4) is 0 Å². The lowest BCUT2D eigenvalue weighted by molar-refractivity contribution is 0.101. The number of rotatable bonds is 2. The van der Waals surface area contributed by atoms with Crippen LogP contribution in [0.1, 0.15) is 24.2 Å². The Kier molecular flexibility index (Phi) is 3.54. The van der Waals surface area contributed by atoms with Gasteiger partial charge in [-0.1, -0.05) is 0 Å². The maximum absolute atomic E-state index is 11.2. The first-order valence-corrected chi connectivity index (χ1v) is 6.79. The molecule has 0 aromatic heterocycles. The number of carbonyl (C=O) groups is 1. The SMILES string of the molecule is CC(=O)c1ccc(N2CCSCC2C)cc1. The highest BCUT2D eigenvalue weighted by Gasteiger charge is 2.18. The van der Waals surface area contributed by atoms with Crippen molar-refractivity contribution in [2.45, 2.75) is 19.9 Å². The largest absolute Gasteiger partial charge is 0.367 e. The summed E-state index contributed by atoms with van der Waals surface area (Å²) in [6.45, 7) is 4.96. The highest BCUT2D eigenvalue weighted by Crippen LogP contribution is 2.24. The highest BCUT2D eigenvalue weighted by molar-refractivity contribution is 7.99. The van der Waals surface area contributed by atoms with Crippen LogP contribution in [0.2, 0.25) is 0 Å². The zero-order chi connectivity index (χ0) is 11.5. The molecular formula is C13H17NOS. The molecule has 16 heavy (non-hydrogen) atoms. The summed E-state index contributed by atoms with van der Waals surface area (Å²) in [5.41, 5.74) is 2.03. The zero-order valence-electron chi connectivity index (χ0n) is 9.77. The fourth-order valence-electron chi connectivity index (χ4n) is 2.00. The van der Waals surface area contributed by atoms with Crippen LogP contribution in [0.4, 0.5) is 5.69 Å². The van der Waals surface area contributed by atoms with Crippen molar-refractivity contribution in [2.75, 3.05) is 23.0 Å². The molecule has 1 fully saturated rings. The summed E-state index contributed by atoms with van der Waals surface area (Å²) in [4.78, 5) is 13.6. The van der Waals surface area contributed by atoms with Crippen molar-refractivity contribution in [1.29, 1.82) is 0 Å². The number of hydrogen-bond donors (Lipinski definition) is 0. The lowest BCUT2D eigenvalue weighted by Crippen LogP contribution is -2.40. The van der Waals surface area contributed by atoms with Gasteiger partial charge in [-0.3, -0.25) is 4.79 Å². The molecule has 0 N–H and O–H groups in total. The number of thioether (sulfide) groups is 1. The Balaban J connectivity index is 2.17. The maximum atomic E-state index is 11.2. The smallest absolute Gasteiger partial charge is 0.159 e. The first kappa shape index (κ1) is 11.5. The van der Waals surface area contributed by atoms with Crippen LogP contribution < -0.4 is 4.90 Å². The summed E-state index contributed by atoms with van der Waals surface area (Å²) in [5.74, 6) is 2.52. The first-order chi connectivity index (χ1) is 7.68. The number of anilines is 1. The van der Waals surface area contributed by atoms with Gasteiger partial charge in [-0.05, 0) is 38.1 Å². The lowest BCUT2D eigenvalue weighted by atomic mass is 10.1.